The fraction of sp³-hybridized carbons (Fsp3) is 0. The lowest BCUT2D eigenvalue weighted by atomic mass is 10.2. The van der Waals surface area contributed by atoms with Crippen LogP contribution in [0.15, 0.2) is 33.5 Å². The van der Waals surface area contributed by atoms with Gasteiger partial charge in [-0.2, -0.15) is 0 Å². The van der Waals surface area contributed by atoms with Crippen molar-refractivity contribution >= 4 is 42.6 Å². The van der Waals surface area contributed by atoms with Gasteiger partial charge in [-0.05, 0) is 28.1 Å². The monoisotopic (exact) mass is 301 g/mol. The van der Waals surface area contributed by atoms with Crippen LogP contribution in [0.4, 0.5) is 0 Å². The van der Waals surface area contributed by atoms with E-state index in [0.29, 0.717) is 4.47 Å². The SMILES string of the molecule is Oc1c(Br)cc(Br)c2ccncc12. The zero-order valence-electron chi connectivity index (χ0n) is 6.46. The zero-order valence-corrected chi connectivity index (χ0v) is 9.63. The molecule has 0 atom stereocenters. The number of fused-ring (bicyclic) bond motifs is 1. The molecule has 2 aromatic rings. The smallest absolute Gasteiger partial charge is 0.139 e. The molecule has 66 valence electrons. The maximum absolute atomic E-state index is 9.67. The molecule has 2 rings (SSSR count). The summed E-state index contributed by atoms with van der Waals surface area (Å²) in [6.07, 6.45) is 3.33. The predicted octanol–water partition coefficient (Wildman–Crippen LogP) is 3.47. The van der Waals surface area contributed by atoms with Gasteiger partial charge in [0.2, 0.25) is 0 Å². The van der Waals surface area contributed by atoms with Crippen molar-refractivity contribution in [3.05, 3.63) is 33.5 Å². The molecule has 0 aliphatic heterocycles. The summed E-state index contributed by atoms with van der Waals surface area (Å²) in [6, 6.07) is 3.67. The highest BCUT2D eigenvalue weighted by Gasteiger charge is 2.07. The van der Waals surface area contributed by atoms with E-state index in [4.69, 9.17) is 0 Å². The van der Waals surface area contributed by atoms with Crippen LogP contribution in [0.1, 0.15) is 0 Å². The van der Waals surface area contributed by atoms with Gasteiger partial charge in [0.25, 0.3) is 0 Å². The number of phenols is 1. The first-order valence-electron chi connectivity index (χ1n) is 3.61. The van der Waals surface area contributed by atoms with E-state index in [1.807, 2.05) is 12.1 Å². The summed E-state index contributed by atoms with van der Waals surface area (Å²) in [7, 11) is 0. The molecular weight excluding hydrogens is 298 g/mol. The molecule has 1 aromatic carbocycles. The van der Waals surface area contributed by atoms with Crippen LogP contribution >= 0.6 is 31.9 Å². The van der Waals surface area contributed by atoms with Gasteiger partial charge in [0.1, 0.15) is 5.75 Å². The third kappa shape index (κ3) is 1.44. The predicted molar refractivity (Wildman–Crippen MR) is 58.8 cm³/mol. The van der Waals surface area contributed by atoms with Crippen molar-refractivity contribution in [2.24, 2.45) is 0 Å². The van der Waals surface area contributed by atoms with E-state index < -0.39 is 0 Å². The molecule has 4 heteroatoms. The van der Waals surface area contributed by atoms with E-state index in [0.717, 1.165) is 15.2 Å². The van der Waals surface area contributed by atoms with E-state index in [2.05, 4.69) is 36.8 Å². The minimum absolute atomic E-state index is 0.228. The lowest BCUT2D eigenvalue weighted by Gasteiger charge is -2.04. The van der Waals surface area contributed by atoms with Crippen LogP contribution in [-0.4, -0.2) is 10.1 Å². The van der Waals surface area contributed by atoms with Gasteiger partial charge in [0.15, 0.2) is 0 Å². The zero-order chi connectivity index (χ0) is 9.42. The van der Waals surface area contributed by atoms with Crippen LogP contribution in [0.5, 0.6) is 5.75 Å². The van der Waals surface area contributed by atoms with Gasteiger partial charge in [0.05, 0.1) is 4.47 Å². The highest BCUT2D eigenvalue weighted by Crippen LogP contribution is 2.36. The highest BCUT2D eigenvalue weighted by molar-refractivity contribution is 9.11. The Morgan fingerprint density at radius 3 is 2.69 bits per heavy atom. The molecule has 13 heavy (non-hydrogen) atoms. The number of benzene rings is 1. The van der Waals surface area contributed by atoms with Crippen molar-refractivity contribution in [2.75, 3.05) is 0 Å². The number of nitrogens with zero attached hydrogens (tertiary/aromatic N) is 1. The van der Waals surface area contributed by atoms with Crippen LogP contribution in [0.2, 0.25) is 0 Å². The lowest BCUT2D eigenvalue weighted by molar-refractivity contribution is 0.478. The normalized spacial score (nSPS) is 10.6. The standard InChI is InChI=1S/C9H5Br2NO/c10-7-3-8(11)9(13)6-4-12-2-1-5(6)7/h1-4,13H. The molecule has 0 aliphatic carbocycles. The van der Waals surface area contributed by atoms with E-state index in [9.17, 15) is 5.11 Å². The number of hydrogen-bond donors (Lipinski definition) is 1. The van der Waals surface area contributed by atoms with E-state index in [1.54, 1.807) is 12.4 Å². The molecule has 0 bridgehead atoms. The van der Waals surface area contributed by atoms with Crippen molar-refractivity contribution in [2.45, 2.75) is 0 Å². The third-order valence-corrected chi connectivity index (χ3v) is 3.07. The average molecular weight is 303 g/mol. The summed E-state index contributed by atoms with van der Waals surface area (Å²) < 4.78 is 1.61. The minimum Gasteiger partial charge on any atom is -0.506 e. The molecule has 0 amide bonds. The van der Waals surface area contributed by atoms with Crippen molar-refractivity contribution in [3.63, 3.8) is 0 Å². The maximum Gasteiger partial charge on any atom is 0.139 e. The molecule has 0 unspecified atom stereocenters. The number of aromatic nitrogens is 1. The van der Waals surface area contributed by atoms with E-state index in [1.165, 1.54) is 0 Å². The molecule has 0 fully saturated rings. The van der Waals surface area contributed by atoms with Gasteiger partial charge in [-0.15, -0.1) is 0 Å². The first kappa shape index (κ1) is 8.97. The molecule has 1 heterocycles. The number of hydrogen-bond acceptors (Lipinski definition) is 2. The Morgan fingerprint density at radius 2 is 1.92 bits per heavy atom. The van der Waals surface area contributed by atoms with E-state index in [-0.39, 0.29) is 5.75 Å². The Morgan fingerprint density at radius 1 is 1.15 bits per heavy atom. The van der Waals surface area contributed by atoms with Gasteiger partial charge in [-0.1, -0.05) is 15.9 Å². The van der Waals surface area contributed by atoms with Crippen LogP contribution in [0.25, 0.3) is 10.8 Å². The fourth-order valence-corrected chi connectivity index (χ4v) is 2.50. The molecule has 0 saturated heterocycles. The number of halogens is 2. The Labute approximate surface area is 91.9 Å². The van der Waals surface area contributed by atoms with Crippen LogP contribution in [0.3, 0.4) is 0 Å². The molecule has 0 saturated carbocycles. The Bertz CT molecular complexity index is 470. The summed E-state index contributed by atoms with van der Waals surface area (Å²) in [5, 5.41) is 11.4. The summed E-state index contributed by atoms with van der Waals surface area (Å²) in [6.45, 7) is 0. The minimum atomic E-state index is 0.228. The summed E-state index contributed by atoms with van der Waals surface area (Å²) >= 11 is 6.67. The molecule has 0 spiro atoms. The van der Waals surface area contributed by atoms with Crippen LogP contribution in [0, 0.1) is 0 Å². The molecule has 0 aliphatic rings. The lowest BCUT2D eigenvalue weighted by Crippen LogP contribution is -1.79. The maximum atomic E-state index is 9.67. The van der Waals surface area contributed by atoms with Gasteiger partial charge < -0.3 is 5.11 Å². The Hall–Kier alpha value is -0.610. The van der Waals surface area contributed by atoms with Gasteiger partial charge >= 0.3 is 0 Å². The highest BCUT2D eigenvalue weighted by atomic mass is 79.9. The van der Waals surface area contributed by atoms with Gasteiger partial charge in [0, 0.05) is 27.6 Å². The molecule has 1 aromatic heterocycles. The van der Waals surface area contributed by atoms with Crippen molar-refractivity contribution in [1.82, 2.24) is 4.98 Å². The molecule has 0 radical (unpaired) electrons. The number of pyridine rings is 1. The first-order valence-corrected chi connectivity index (χ1v) is 5.19. The largest absolute Gasteiger partial charge is 0.506 e. The number of rotatable bonds is 0. The molecular formula is C9H5Br2NO. The first-order chi connectivity index (χ1) is 6.20. The van der Waals surface area contributed by atoms with Crippen molar-refractivity contribution in [1.29, 1.82) is 0 Å². The molecule has 2 nitrogen and oxygen atoms in total. The average Bonchev–Trinajstić information content (AvgIpc) is 2.15. The summed E-state index contributed by atoms with van der Waals surface area (Å²) in [5.41, 5.74) is 0. The Kier molecular flexibility index (Phi) is 2.26. The summed E-state index contributed by atoms with van der Waals surface area (Å²) in [4.78, 5) is 3.95. The summed E-state index contributed by atoms with van der Waals surface area (Å²) in [5.74, 6) is 0.228. The Balaban J connectivity index is 2.97. The second-order valence-electron chi connectivity index (χ2n) is 2.61. The van der Waals surface area contributed by atoms with Crippen LogP contribution in [-0.2, 0) is 0 Å². The van der Waals surface area contributed by atoms with Gasteiger partial charge in [-0.25, -0.2) is 0 Å². The second-order valence-corrected chi connectivity index (χ2v) is 4.32. The topological polar surface area (TPSA) is 33.1 Å². The quantitative estimate of drug-likeness (QED) is 0.808. The number of aromatic hydroxyl groups is 1. The van der Waals surface area contributed by atoms with Crippen molar-refractivity contribution < 1.29 is 5.11 Å². The van der Waals surface area contributed by atoms with Crippen molar-refractivity contribution in [3.8, 4) is 5.75 Å². The van der Waals surface area contributed by atoms with Gasteiger partial charge in [-0.3, -0.25) is 4.98 Å². The fourth-order valence-electron chi connectivity index (χ4n) is 1.18. The third-order valence-electron chi connectivity index (χ3n) is 1.81. The number of phenolic OH excluding ortho intramolecular Hbond substituents is 1. The second kappa shape index (κ2) is 3.27. The van der Waals surface area contributed by atoms with E-state index >= 15 is 0 Å². The van der Waals surface area contributed by atoms with Crippen LogP contribution < -0.4 is 0 Å². The molecule has 1 N–H and O–H groups in total.